The molecule has 23 heavy (non-hydrogen) atoms. The van der Waals surface area contributed by atoms with Gasteiger partial charge in [-0.05, 0) is 29.8 Å². The number of hydrogen-bond acceptors (Lipinski definition) is 3. The molecule has 0 aliphatic heterocycles. The lowest BCUT2D eigenvalue weighted by atomic mass is 10.00. The Hall–Kier alpha value is -2.29. The molecule has 1 heterocycles. The van der Waals surface area contributed by atoms with Crippen LogP contribution in [0.5, 0.6) is 5.75 Å². The third-order valence-corrected chi connectivity index (χ3v) is 2.91. The first-order valence-electron chi connectivity index (χ1n) is 6.21. The number of pyridine rings is 1. The summed E-state index contributed by atoms with van der Waals surface area (Å²) in [4.78, 5) is 3.65. The van der Waals surface area contributed by atoms with E-state index in [-0.39, 0.29) is 5.56 Å². The van der Waals surface area contributed by atoms with Crippen molar-refractivity contribution in [3.63, 3.8) is 0 Å². The van der Waals surface area contributed by atoms with E-state index in [0.717, 1.165) is 42.6 Å². The molecule has 0 saturated carbocycles. The van der Waals surface area contributed by atoms with Gasteiger partial charge in [-0.2, -0.15) is 13.2 Å². The topological polar surface area (TPSA) is 48.1 Å². The van der Waals surface area contributed by atoms with Gasteiger partial charge in [-0.15, -0.1) is 13.2 Å². The molecule has 9 heteroatoms. The van der Waals surface area contributed by atoms with Gasteiger partial charge in [-0.1, -0.05) is 12.1 Å². The number of benzene rings is 1. The lowest BCUT2D eigenvalue weighted by molar-refractivity contribution is -0.274. The third kappa shape index (κ3) is 4.35. The SMILES string of the molecule is NC(c1ccc(OC(F)(F)F)cc1)c1ncccc1C(F)(F)F. The number of rotatable bonds is 3. The minimum absolute atomic E-state index is 0.170. The van der Waals surface area contributed by atoms with Crippen LogP contribution in [0.15, 0.2) is 42.6 Å². The molecule has 1 aromatic carbocycles. The van der Waals surface area contributed by atoms with E-state index in [0.29, 0.717) is 0 Å². The maximum absolute atomic E-state index is 12.9. The van der Waals surface area contributed by atoms with Gasteiger partial charge in [-0.3, -0.25) is 4.98 Å². The van der Waals surface area contributed by atoms with Crippen molar-refractivity contribution < 1.29 is 31.1 Å². The molecule has 2 rings (SSSR count). The van der Waals surface area contributed by atoms with Crippen molar-refractivity contribution in [3.8, 4) is 5.75 Å². The van der Waals surface area contributed by atoms with Crippen molar-refractivity contribution >= 4 is 0 Å². The van der Waals surface area contributed by atoms with E-state index < -0.39 is 35.6 Å². The minimum atomic E-state index is -4.85. The Morgan fingerprint density at radius 1 is 0.957 bits per heavy atom. The number of ether oxygens (including phenoxy) is 1. The summed E-state index contributed by atoms with van der Waals surface area (Å²) in [5.74, 6) is -0.495. The molecule has 0 amide bonds. The number of aromatic nitrogens is 1. The van der Waals surface area contributed by atoms with Gasteiger partial charge in [0, 0.05) is 6.20 Å². The highest BCUT2D eigenvalue weighted by atomic mass is 19.4. The summed E-state index contributed by atoms with van der Waals surface area (Å²) in [7, 11) is 0. The third-order valence-electron chi connectivity index (χ3n) is 2.91. The molecular weight excluding hydrogens is 326 g/mol. The quantitative estimate of drug-likeness (QED) is 0.861. The molecule has 2 aromatic rings. The highest BCUT2D eigenvalue weighted by Crippen LogP contribution is 2.35. The Labute approximate surface area is 126 Å². The molecule has 0 fully saturated rings. The molecule has 0 aliphatic carbocycles. The second-order valence-corrected chi connectivity index (χ2v) is 4.53. The molecule has 0 saturated heterocycles. The number of alkyl halides is 6. The molecule has 3 nitrogen and oxygen atoms in total. The van der Waals surface area contributed by atoms with E-state index in [2.05, 4.69) is 9.72 Å². The van der Waals surface area contributed by atoms with Crippen molar-refractivity contribution in [2.24, 2.45) is 5.73 Å². The lowest BCUT2D eigenvalue weighted by Crippen LogP contribution is -2.20. The maximum atomic E-state index is 12.9. The standard InChI is InChI=1S/C14H10F6N2O/c15-13(16,17)10-2-1-7-22-12(10)11(21)8-3-5-9(6-4-8)23-14(18,19)20/h1-7,11H,21H2. The second-order valence-electron chi connectivity index (χ2n) is 4.53. The van der Waals surface area contributed by atoms with Crippen LogP contribution in [-0.4, -0.2) is 11.3 Å². The van der Waals surface area contributed by atoms with Crippen LogP contribution in [0.3, 0.4) is 0 Å². The molecular formula is C14H10F6N2O. The lowest BCUT2D eigenvalue weighted by Gasteiger charge is -2.17. The van der Waals surface area contributed by atoms with Gasteiger partial charge in [0.05, 0.1) is 17.3 Å². The first-order chi connectivity index (χ1) is 10.6. The summed E-state index contributed by atoms with van der Waals surface area (Å²) in [5, 5.41) is 0. The van der Waals surface area contributed by atoms with Crippen LogP contribution in [-0.2, 0) is 6.18 Å². The van der Waals surface area contributed by atoms with Crippen LogP contribution in [0.1, 0.15) is 22.9 Å². The van der Waals surface area contributed by atoms with Crippen LogP contribution >= 0.6 is 0 Å². The summed E-state index contributed by atoms with van der Waals surface area (Å²) < 4.78 is 78.7. The summed E-state index contributed by atoms with van der Waals surface area (Å²) >= 11 is 0. The Balaban J connectivity index is 2.30. The number of nitrogens with zero attached hydrogens (tertiary/aromatic N) is 1. The predicted octanol–water partition coefficient (Wildman–Crippen LogP) is 4.05. The first kappa shape index (κ1) is 17.1. The molecule has 0 radical (unpaired) electrons. The fourth-order valence-electron chi connectivity index (χ4n) is 1.94. The fourth-order valence-corrected chi connectivity index (χ4v) is 1.94. The minimum Gasteiger partial charge on any atom is -0.406 e. The van der Waals surface area contributed by atoms with Gasteiger partial charge in [0.25, 0.3) is 0 Å². The van der Waals surface area contributed by atoms with Crippen molar-refractivity contribution in [3.05, 3.63) is 59.4 Å². The fraction of sp³-hybridized carbons (Fsp3) is 0.214. The summed E-state index contributed by atoms with van der Waals surface area (Å²) in [6.07, 6.45) is -8.33. The predicted molar refractivity (Wildman–Crippen MR) is 68.4 cm³/mol. The van der Waals surface area contributed by atoms with E-state index in [9.17, 15) is 26.3 Å². The van der Waals surface area contributed by atoms with Gasteiger partial charge < -0.3 is 10.5 Å². The molecule has 0 aliphatic rings. The summed E-state index contributed by atoms with van der Waals surface area (Å²) in [6, 6.07) is 4.97. The van der Waals surface area contributed by atoms with E-state index >= 15 is 0 Å². The molecule has 1 aromatic heterocycles. The highest BCUT2D eigenvalue weighted by molar-refractivity contribution is 5.36. The first-order valence-corrected chi connectivity index (χ1v) is 6.21. The number of nitrogens with two attached hydrogens (primary N) is 1. The van der Waals surface area contributed by atoms with E-state index in [1.165, 1.54) is 0 Å². The number of hydrogen-bond donors (Lipinski definition) is 1. The zero-order valence-corrected chi connectivity index (χ0v) is 11.3. The molecule has 124 valence electrons. The van der Waals surface area contributed by atoms with Crippen LogP contribution in [0.4, 0.5) is 26.3 Å². The van der Waals surface area contributed by atoms with E-state index in [1.54, 1.807) is 0 Å². The molecule has 0 spiro atoms. The monoisotopic (exact) mass is 336 g/mol. The second kappa shape index (κ2) is 6.07. The summed E-state index contributed by atoms with van der Waals surface area (Å²) in [5.41, 5.74) is 4.53. The van der Waals surface area contributed by atoms with Crippen LogP contribution in [0.2, 0.25) is 0 Å². The largest absolute Gasteiger partial charge is 0.573 e. The van der Waals surface area contributed by atoms with Crippen molar-refractivity contribution in [1.82, 2.24) is 4.98 Å². The zero-order chi connectivity index (χ0) is 17.3. The van der Waals surface area contributed by atoms with Gasteiger partial charge in [0.15, 0.2) is 0 Å². The van der Waals surface area contributed by atoms with E-state index in [1.807, 2.05) is 0 Å². The van der Waals surface area contributed by atoms with Crippen molar-refractivity contribution in [2.75, 3.05) is 0 Å². The Kier molecular flexibility index (Phi) is 4.51. The van der Waals surface area contributed by atoms with Crippen LogP contribution in [0.25, 0.3) is 0 Å². The van der Waals surface area contributed by atoms with Gasteiger partial charge in [0.1, 0.15) is 5.75 Å². The smallest absolute Gasteiger partial charge is 0.406 e. The Morgan fingerprint density at radius 3 is 2.09 bits per heavy atom. The molecule has 0 bridgehead atoms. The molecule has 1 unspecified atom stereocenters. The maximum Gasteiger partial charge on any atom is 0.573 e. The summed E-state index contributed by atoms with van der Waals surface area (Å²) in [6.45, 7) is 0. The Morgan fingerprint density at radius 2 is 1.57 bits per heavy atom. The molecule has 1 atom stereocenters. The molecule has 2 N–H and O–H groups in total. The van der Waals surface area contributed by atoms with Gasteiger partial charge in [0.2, 0.25) is 0 Å². The van der Waals surface area contributed by atoms with E-state index in [4.69, 9.17) is 5.73 Å². The average molecular weight is 336 g/mol. The normalized spacial score (nSPS) is 13.7. The highest BCUT2D eigenvalue weighted by Gasteiger charge is 2.35. The van der Waals surface area contributed by atoms with Crippen molar-refractivity contribution in [1.29, 1.82) is 0 Å². The Bertz CT molecular complexity index is 666. The average Bonchev–Trinajstić information content (AvgIpc) is 2.45. The number of halogens is 6. The van der Waals surface area contributed by atoms with Crippen molar-refractivity contribution in [2.45, 2.75) is 18.6 Å². The van der Waals surface area contributed by atoms with Crippen LogP contribution in [0, 0.1) is 0 Å². The zero-order valence-electron chi connectivity index (χ0n) is 11.3. The van der Waals surface area contributed by atoms with Gasteiger partial charge in [-0.25, -0.2) is 0 Å². The van der Waals surface area contributed by atoms with Gasteiger partial charge >= 0.3 is 12.5 Å². The van der Waals surface area contributed by atoms with Crippen LogP contribution < -0.4 is 10.5 Å².